The van der Waals surface area contributed by atoms with Crippen LogP contribution in [-0.4, -0.2) is 21.7 Å². The number of rotatable bonds is 7. The van der Waals surface area contributed by atoms with Crippen molar-refractivity contribution in [2.24, 2.45) is 5.73 Å². The summed E-state index contributed by atoms with van der Waals surface area (Å²) in [5.74, 6) is -0.0984. The number of aromatic nitrogens is 2. The van der Waals surface area contributed by atoms with Crippen molar-refractivity contribution in [3.63, 3.8) is 0 Å². The number of carbonyl (C=O) groups is 1. The van der Waals surface area contributed by atoms with E-state index in [1.807, 2.05) is 36.5 Å². The van der Waals surface area contributed by atoms with Crippen LogP contribution < -0.4 is 11.1 Å². The topological polar surface area (TPSA) is 72.9 Å². The molecule has 0 fully saturated rings. The van der Waals surface area contributed by atoms with Crippen molar-refractivity contribution in [2.45, 2.75) is 38.8 Å². The normalized spacial score (nSPS) is 12.1. The predicted octanol–water partition coefficient (Wildman–Crippen LogP) is 2.01. The molecule has 0 unspecified atom stereocenters. The summed E-state index contributed by atoms with van der Waals surface area (Å²) in [4.78, 5) is 12.0. The maximum Gasteiger partial charge on any atom is 0.237 e. The van der Waals surface area contributed by atoms with Crippen molar-refractivity contribution in [3.8, 4) is 5.69 Å². The quantitative estimate of drug-likeness (QED) is 0.817. The van der Waals surface area contributed by atoms with Crippen LogP contribution >= 0.6 is 0 Å². The fourth-order valence-corrected chi connectivity index (χ4v) is 2.16. The van der Waals surface area contributed by atoms with Crippen molar-refractivity contribution in [2.75, 3.05) is 0 Å². The zero-order valence-corrected chi connectivity index (χ0v) is 12.3. The molecular formula is C16H22N4O. The fraction of sp³-hybridized carbons (Fsp3) is 0.375. The zero-order valence-electron chi connectivity index (χ0n) is 12.3. The first kappa shape index (κ1) is 15.3. The Bertz CT molecular complexity index is 565. The second kappa shape index (κ2) is 7.59. The Morgan fingerprint density at radius 3 is 2.90 bits per heavy atom. The second-order valence-corrected chi connectivity index (χ2v) is 5.05. The molecule has 1 heterocycles. The Kier molecular flexibility index (Phi) is 5.51. The molecule has 1 amide bonds. The standard InChI is InChI=1S/C16H22N4O/c1-2-3-8-14(17)16(21)18-12-13-7-4-5-9-15(13)20-11-6-10-19-20/h4-7,9-11,14H,2-3,8,12,17H2,1H3,(H,18,21)/t14-/m0/s1. The molecule has 0 spiro atoms. The number of hydrogen-bond acceptors (Lipinski definition) is 3. The molecule has 1 aromatic carbocycles. The zero-order chi connectivity index (χ0) is 15.1. The van der Waals surface area contributed by atoms with Crippen LogP contribution in [-0.2, 0) is 11.3 Å². The molecule has 0 saturated heterocycles. The van der Waals surface area contributed by atoms with Crippen LogP contribution in [0.1, 0.15) is 31.7 Å². The molecule has 3 N–H and O–H groups in total. The summed E-state index contributed by atoms with van der Waals surface area (Å²) in [6, 6.07) is 9.30. The number of benzene rings is 1. The first-order valence-electron chi connectivity index (χ1n) is 7.33. The van der Waals surface area contributed by atoms with Gasteiger partial charge in [0.05, 0.1) is 11.7 Å². The lowest BCUT2D eigenvalue weighted by Gasteiger charge is -2.14. The number of amides is 1. The van der Waals surface area contributed by atoms with Crippen LogP contribution in [0.4, 0.5) is 0 Å². The summed E-state index contributed by atoms with van der Waals surface area (Å²) < 4.78 is 1.79. The van der Waals surface area contributed by atoms with Crippen LogP contribution in [0.5, 0.6) is 0 Å². The van der Waals surface area contributed by atoms with E-state index in [4.69, 9.17) is 5.73 Å². The fourth-order valence-electron chi connectivity index (χ4n) is 2.16. The Hall–Kier alpha value is -2.14. The molecule has 1 atom stereocenters. The maximum absolute atomic E-state index is 12.0. The van der Waals surface area contributed by atoms with Gasteiger partial charge in [-0.05, 0) is 24.1 Å². The average Bonchev–Trinajstić information content (AvgIpc) is 3.04. The highest BCUT2D eigenvalue weighted by Crippen LogP contribution is 2.13. The number of para-hydroxylation sites is 1. The maximum atomic E-state index is 12.0. The molecule has 5 heteroatoms. The molecule has 0 aliphatic heterocycles. The lowest BCUT2D eigenvalue weighted by molar-refractivity contribution is -0.122. The van der Waals surface area contributed by atoms with Gasteiger partial charge < -0.3 is 11.1 Å². The molecule has 5 nitrogen and oxygen atoms in total. The van der Waals surface area contributed by atoms with E-state index in [9.17, 15) is 4.79 Å². The summed E-state index contributed by atoms with van der Waals surface area (Å²) in [5.41, 5.74) is 7.84. The Morgan fingerprint density at radius 2 is 2.19 bits per heavy atom. The molecule has 0 bridgehead atoms. The van der Waals surface area contributed by atoms with E-state index >= 15 is 0 Å². The molecule has 1 aromatic heterocycles. The number of unbranched alkanes of at least 4 members (excludes halogenated alkanes) is 1. The van der Waals surface area contributed by atoms with Gasteiger partial charge in [-0.1, -0.05) is 38.0 Å². The van der Waals surface area contributed by atoms with Gasteiger partial charge in [-0.3, -0.25) is 4.79 Å². The lowest BCUT2D eigenvalue weighted by Crippen LogP contribution is -2.40. The SMILES string of the molecule is CCCC[C@H](N)C(=O)NCc1ccccc1-n1cccn1. The van der Waals surface area contributed by atoms with Gasteiger partial charge in [0.2, 0.25) is 5.91 Å². The summed E-state index contributed by atoms with van der Waals surface area (Å²) in [6.07, 6.45) is 6.36. The largest absolute Gasteiger partial charge is 0.351 e. The van der Waals surface area contributed by atoms with Crippen molar-refractivity contribution in [3.05, 3.63) is 48.3 Å². The van der Waals surface area contributed by atoms with E-state index in [-0.39, 0.29) is 5.91 Å². The number of nitrogens with one attached hydrogen (secondary N) is 1. The highest BCUT2D eigenvalue weighted by molar-refractivity contribution is 5.81. The number of carbonyl (C=O) groups excluding carboxylic acids is 1. The number of nitrogens with zero attached hydrogens (tertiary/aromatic N) is 2. The predicted molar refractivity (Wildman–Crippen MR) is 82.9 cm³/mol. The number of hydrogen-bond donors (Lipinski definition) is 2. The minimum absolute atomic E-state index is 0.0984. The summed E-state index contributed by atoms with van der Waals surface area (Å²) in [6.45, 7) is 2.54. The molecule has 112 valence electrons. The Morgan fingerprint density at radius 1 is 1.38 bits per heavy atom. The van der Waals surface area contributed by atoms with Gasteiger partial charge in [0, 0.05) is 18.9 Å². The minimum atomic E-state index is -0.429. The van der Waals surface area contributed by atoms with E-state index in [0.29, 0.717) is 6.54 Å². The van der Waals surface area contributed by atoms with Gasteiger partial charge in [0.15, 0.2) is 0 Å². The molecule has 0 aliphatic carbocycles. The Balaban J connectivity index is 1.99. The smallest absolute Gasteiger partial charge is 0.237 e. The third kappa shape index (κ3) is 4.16. The summed E-state index contributed by atoms with van der Waals surface area (Å²) >= 11 is 0. The first-order valence-corrected chi connectivity index (χ1v) is 7.33. The van der Waals surface area contributed by atoms with Crippen LogP contribution in [0.3, 0.4) is 0 Å². The molecule has 0 radical (unpaired) electrons. The molecule has 0 aliphatic rings. The average molecular weight is 286 g/mol. The van der Waals surface area contributed by atoms with E-state index in [1.165, 1.54) is 0 Å². The molecular weight excluding hydrogens is 264 g/mol. The highest BCUT2D eigenvalue weighted by Gasteiger charge is 2.13. The van der Waals surface area contributed by atoms with Gasteiger partial charge in [-0.15, -0.1) is 0 Å². The van der Waals surface area contributed by atoms with Gasteiger partial charge >= 0.3 is 0 Å². The van der Waals surface area contributed by atoms with Gasteiger partial charge in [0.25, 0.3) is 0 Å². The van der Waals surface area contributed by atoms with Gasteiger partial charge in [0.1, 0.15) is 0 Å². The lowest BCUT2D eigenvalue weighted by atomic mass is 10.1. The van der Waals surface area contributed by atoms with Crippen molar-refractivity contribution < 1.29 is 4.79 Å². The monoisotopic (exact) mass is 286 g/mol. The molecule has 0 saturated carbocycles. The Labute approximate surface area is 125 Å². The molecule has 2 aromatic rings. The number of nitrogens with two attached hydrogens (primary N) is 1. The van der Waals surface area contributed by atoms with Crippen LogP contribution in [0.25, 0.3) is 5.69 Å². The van der Waals surface area contributed by atoms with E-state index in [2.05, 4.69) is 17.3 Å². The van der Waals surface area contributed by atoms with E-state index in [1.54, 1.807) is 10.9 Å². The highest BCUT2D eigenvalue weighted by atomic mass is 16.2. The molecule has 2 rings (SSSR count). The van der Waals surface area contributed by atoms with Crippen molar-refractivity contribution >= 4 is 5.91 Å². The van der Waals surface area contributed by atoms with E-state index in [0.717, 1.165) is 30.5 Å². The van der Waals surface area contributed by atoms with Crippen molar-refractivity contribution in [1.29, 1.82) is 0 Å². The van der Waals surface area contributed by atoms with E-state index < -0.39 is 6.04 Å². The second-order valence-electron chi connectivity index (χ2n) is 5.05. The van der Waals surface area contributed by atoms with Crippen LogP contribution in [0.2, 0.25) is 0 Å². The van der Waals surface area contributed by atoms with Gasteiger partial charge in [-0.25, -0.2) is 4.68 Å². The summed E-state index contributed by atoms with van der Waals surface area (Å²) in [7, 11) is 0. The first-order chi connectivity index (χ1) is 10.2. The molecule has 21 heavy (non-hydrogen) atoms. The van der Waals surface area contributed by atoms with Crippen molar-refractivity contribution in [1.82, 2.24) is 15.1 Å². The minimum Gasteiger partial charge on any atom is -0.351 e. The summed E-state index contributed by atoms with van der Waals surface area (Å²) in [5, 5.41) is 7.13. The third-order valence-electron chi connectivity index (χ3n) is 3.40. The van der Waals surface area contributed by atoms with Crippen LogP contribution in [0, 0.1) is 0 Å². The van der Waals surface area contributed by atoms with Gasteiger partial charge in [-0.2, -0.15) is 5.10 Å². The third-order valence-corrected chi connectivity index (χ3v) is 3.40. The van der Waals surface area contributed by atoms with Crippen LogP contribution in [0.15, 0.2) is 42.7 Å².